The number of hydrogen-bond acceptors (Lipinski definition) is 3. The lowest BCUT2D eigenvalue weighted by atomic mass is 10.0. The summed E-state index contributed by atoms with van der Waals surface area (Å²) in [6.45, 7) is 6.28. The molecule has 0 saturated heterocycles. The standard InChI is InChI=1S/C15H23N3O2/c1-10(2)8-11(3)17-14(19)9-12-4-6-13(7-5-12)15(16)18-20/h4-7,10-11,20H,8-9H2,1-3H3,(H2,16,18)(H,17,19). The number of carbonyl (C=O) groups is 1. The van der Waals surface area contributed by atoms with Crippen LogP contribution in [0, 0.1) is 5.92 Å². The summed E-state index contributed by atoms with van der Waals surface area (Å²) in [6, 6.07) is 7.25. The maximum absolute atomic E-state index is 11.9. The number of rotatable bonds is 6. The summed E-state index contributed by atoms with van der Waals surface area (Å²) >= 11 is 0. The third-order valence-electron chi connectivity index (χ3n) is 2.95. The first kappa shape index (κ1) is 16.0. The van der Waals surface area contributed by atoms with Gasteiger partial charge in [0.1, 0.15) is 0 Å². The Balaban J connectivity index is 2.54. The van der Waals surface area contributed by atoms with Crippen LogP contribution in [0.15, 0.2) is 29.4 Å². The second kappa shape index (κ2) is 7.53. The number of nitrogens with zero attached hydrogens (tertiary/aromatic N) is 1. The van der Waals surface area contributed by atoms with E-state index in [9.17, 15) is 4.79 Å². The van der Waals surface area contributed by atoms with Crippen molar-refractivity contribution in [1.29, 1.82) is 0 Å². The predicted molar refractivity (Wildman–Crippen MR) is 79.7 cm³/mol. The second-order valence-corrected chi connectivity index (χ2v) is 5.46. The molecule has 0 aliphatic heterocycles. The first-order valence-corrected chi connectivity index (χ1v) is 6.78. The molecule has 20 heavy (non-hydrogen) atoms. The highest BCUT2D eigenvalue weighted by Crippen LogP contribution is 2.07. The summed E-state index contributed by atoms with van der Waals surface area (Å²) in [5.74, 6) is 0.631. The Labute approximate surface area is 119 Å². The van der Waals surface area contributed by atoms with Gasteiger partial charge in [-0.3, -0.25) is 4.79 Å². The van der Waals surface area contributed by atoms with Gasteiger partial charge < -0.3 is 16.3 Å². The molecule has 0 aliphatic carbocycles. The number of oxime groups is 1. The van der Waals surface area contributed by atoms with Gasteiger partial charge in [0.25, 0.3) is 0 Å². The van der Waals surface area contributed by atoms with E-state index in [4.69, 9.17) is 10.9 Å². The SMILES string of the molecule is CC(C)CC(C)NC(=O)Cc1ccc(C(N)=NO)cc1. The maximum Gasteiger partial charge on any atom is 0.224 e. The lowest BCUT2D eigenvalue weighted by Crippen LogP contribution is -2.34. The van der Waals surface area contributed by atoms with E-state index in [1.165, 1.54) is 0 Å². The third kappa shape index (κ3) is 5.30. The predicted octanol–water partition coefficient (Wildman–Crippen LogP) is 1.87. The van der Waals surface area contributed by atoms with Crippen molar-refractivity contribution in [1.82, 2.24) is 5.32 Å². The minimum absolute atomic E-state index is 0.00898. The minimum atomic E-state index is 0.00898. The van der Waals surface area contributed by atoms with Crippen molar-refractivity contribution < 1.29 is 10.0 Å². The Morgan fingerprint density at radius 2 is 1.90 bits per heavy atom. The first-order chi connectivity index (χ1) is 9.42. The van der Waals surface area contributed by atoms with Crippen molar-refractivity contribution in [3.63, 3.8) is 0 Å². The van der Waals surface area contributed by atoms with Crippen LogP contribution in [0.2, 0.25) is 0 Å². The molecule has 110 valence electrons. The zero-order valence-corrected chi connectivity index (χ0v) is 12.3. The van der Waals surface area contributed by atoms with Crippen LogP contribution in [0.3, 0.4) is 0 Å². The number of nitrogens with two attached hydrogens (primary N) is 1. The van der Waals surface area contributed by atoms with Crippen molar-refractivity contribution in [2.75, 3.05) is 0 Å². The van der Waals surface area contributed by atoms with Crippen molar-refractivity contribution in [3.8, 4) is 0 Å². The van der Waals surface area contributed by atoms with Crippen LogP contribution in [0.5, 0.6) is 0 Å². The molecule has 1 aromatic carbocycles. The summed E-state index contributed by atoms with van der Waals surface area (Å²) in [6.07, 6.45) is 1.30. The summed E-state index contributed by atoms with van der Waals surface area (Å²) in [7, 11) is 0. The highest BCUT2D eigenvalue weighted by molar-refractivity contribution is 5.97. The molecule has 0 bridgehead atoms. The fourth-order valence-corrected chi connectivity index (χ4v) is 2.13. The molecule has 0 fully saturated rings. The van der Waals surface area contributed by atoms with Gasteiger partial charge in [-0.15, -0.1) is 0 Å². The van der Waals surface area contributed by atoms with Crippen molar-refractivity contribution in [2.45, 2.75) is 39.7 Å². The van der Waals surface area contributed by atoms with E-state index >= 15 is 0 Å². The Morgan fingerprint density at radius 1 is 1.30 bits per heavy atom. The molecule has 4 N–H and O–H groups in total. The molecular weight excluding hydrogens is 254 g/mol. The van der Waals surface area contributed by atoms with Gasteiger partial charge in [0.15, 0.2) is 5.84 Å². The van der Waals surface area contributed by atoms with Crippen molar-refractivity contribution in [3.05, 3.63) is 35.4 Å². The van der Waals surface area contributed by atoms with Crippen LogP contribution < -0.4 is 11.1 Å². The largest absolute Gasteiger partial charge is 0.409 e. The summed E-state index contributed by atoms with van der Waals surface area (Å²) in [5.41, 5.74) is 7.00. The summed E-state index contributed by atoms with van der Waals surface area (Å²) in [4.78, 5) is 11.9. The van der Waals surface area contributed by atoms with Gasteiger partial charge in [0.2, 0.25) is 5.91 Å². The second-order valence-electron chi connectivity index (χ2n) is 5.46. The molecule has 1 aromatic rings. The van der Waals surface area contributed by atoms with Crippen LogP contribution in [0.4, 0.5) is 0 Å². The normalized spacial score (nSPS) is 13.3. The van der Waals surface area contributed by atoms with E-state index in [-0.39, 0.29) is 17.8 Å². The van der Waals surface area contributed by atoms with Gasteiger partial charge in [0.05, 0.1) is 6.42 Å². The number of hydrogen-bond donors (Lipinski definition) is 3. The van der Waals surface area contributed by atoms with E-state index in [1.807, 2.05) is 6.92 Å². The van der Waals surface area contributed by atoms with Gasteiger partial charge in [-0.2, -0.15) is 0 Å². The smallest absolute Gasteiger partial charge is 0.224 e. The molecule has 1 rings (SSSR count). The molecule has 1 atom stereocenters. The van der Waals surface area contributed by atoms with Gasteiger partial charge in [-0.1, -0.05) is 43.3 Å². The fourth-order valence-electron chi connectivity index (χ4n) is 2.13. The van der Waals surface area contributed by atoms with E-state index in [0.29, 0.717) is 17.9 Å². The van der Waals surface area contributed by atoms with Crippen LogP contribution in [0.1, 0.15) is 38.3 Å². The third-order valence-corrected chi connectivity index (χ3v) is 2.95. The fraction of sp³-hybridized carbons (Fsp3) is 0.467. The van der Waals surface area contributed by atoms with E-state index < -0.39 is 0 Å². The Morgan fingerprint density at radius 3 is 2.40 bits per heavy atom. The number of nitrogens with one attached hydrogen (secondary N) is 1. The highest BCUT2D eigenvalue weighted by atomic mass is 16.4. The molecule has 0 spiro atoms. The topological polar surface area (TPSA) is 87.7 Å². The van der Waals surface area contributed by atoms with Gasteiger partial charge in [-0.05, 0) is 24.8 Å². The molecule has 5 nitrogen and oxygen atoms in total. The molecule has 1 amide bonds. The molecule has 5 heteroatoms. The van der Waals surface area contributed by atoms with E-state index in [1.54, 1.807) is 24.3 Å². The molecule has 0 radical (unpaired) electrons. The van der Waals surface area contributed by atoms with Gasteiger partial charge in [-0.25, -0.2) is 0 Å². The number of benzene rings is 1. The Hall–Kier alpha value is -2.04. The number of amides is 1. The number of amidine groups is 1. The zero-order chi connectivity index (χ0) is 15.1. The Kier molecular flexibility index (Phi) is 6.03. The lowest BCUT2D eigenvalue weighted by Gasteiger charge is -2.16. The van der Waals surface area contributed by atoms with Crippen LogP contribution in [-0.2, 0) is 11.2 Å². The monoisotopic (exact) mass is 277 g/mol. The van der Waals surface area contributed by atoms with Gasteiger partial charge in [0, 0.05) is 11.6 Å². The minimum Gasteiger partial charge on any atom is -0.409 e. The lowest BCUT2D eigenvalue weighted by molar-refractivity contribution is -0.121. The zero-order valence-electron chi connectivity index (χ0n) is 12.3. The molecule has 0 aliphatic rings. The van der Waals surface area contributed by atoms with E-state index in [0.717, 1.165) is 12.0 Å². The van der Waals surface area contributed by atoms with Crippen LogP contribution >= 0.6 is 0 Å². The maximum atomic E-state index is 11.9. The van der Waals surface area contributed by atoms with Crippen LogP contribution in [0.25, 0.3) is 0 Å². The average molecular weight is 277 g/mol. The molecule has 0 heterocycles. The average Bonchev–Trinajstić information content (AvgIpc) is 2.37. The highest BCUT2D eigenvalue weighted by Gasteiger charge is 2.10. The van der Waals surface area contributed by atoms with E-state index in [2.05, 4.69) is 24.3 Å². The van der Waals surface area contributed by atoms with Crippen molar-refractivity contribution >= 4 is 11.7 Å². The quantitative estimate of drug-likeness (QED) is 0.321. The summed E-state index contributed by atoms with van der Waals surface area (Å²) < 4.78 is 0. The number of carbonyl (C=O) groups excluding carboxylic acids is 1. The molecule has 0 aromatic heterocycles. The summed E-state index contributed by atoms with van der Waals surface area (Å²) in [5, 5.41) is 14.5. The molecular formula is C15H23N3O2. The van der Waals surface area contributed by atoms with Crippen LogP contribution in [-0.4, -0.2) is 23.0 Å². The van der Waals surface area contributed by atoms with Crippen molar-refractivity contribution in [2.24, 2.45) is 16.8 Å². The first-order valence-electron chi connectivity index (χ1n) is 6.78. The Bertz CT molecular complexity index is 467. The molecule has 1 unspecified atom stereocenters. The van der Waals surface area contributed by atoms with Gasteiger partial charge >= 0.3 is 0 Å². The molecule has 0 saturated carbocycles.